The number of anilines is 1. The van der Waals surface area contributed by atoms with Gasteiger partial charge < -0.3 is 14.8 Å². The van der Waals surface area contributed by atoms with Crippen LogP contribution in [-0.2, 0) is 13.6 Å². The van der Waals surface area contributed by atoms with Gasteiger partial charge in [-0.1, -0.05) is 0 Å². The molecule has 0 saturated carbocycles. The third-order valence-electron chi connectivity index (χ3n) is 2.49. The van der Waals surface area contributed by atoms with Crippen molar-refractivity contribution in [2.24, 2.45) is 7.05 Å². The lowest BCUT2D eigenvalue weighted by Crippen LogP contribution is -2.02. The van der Waals surface area contributed by atoms with Crippen LogP contribution in [0.2, 0.25) is 0 Å². The lowest BCUT2D eigenvalue weighted by molar-refractivity contribution is 0.0690. The second kappa shape index (κ2) is 4.28. The van der Waals surface area contributed by atoms with Crippen molar-refractivity contribution in [3.63, 3.8) is 0 Å². The molecule has 2 heterocycles. The van der Waals surface area contributed by atoms with E-state index in [0.29, 0.717) is 6.54 Å². The molecule has 0 atom stereocenters. The highest BCUT2D eigenvalue weighted by molar-refractivity contribution is 5.85. The maximum absolute atomic E-state index is 10.6. The van der Waals surface area contributed by atoms with Crippen LogP contribution in [0.15, 0.2) is 16.9 Å². The van der Waals surface area contributed by atoms with Gasteiger partial charge in [0.1, 0.15) is 6.26 Å². The first kappa shape index (κ1) is 11.2. The summed E-state index contributed by atoms with van der Waals surface area (Å²) in [5.41, 5.74) is 1.92. The fraction of sp³-hybridized carbons (Fsp3) is 0.300. The number of carboxylic acid groups (broad SMARTS) is 1. The van der Waals surface area contributed by atoms with Crippen molar-refractivity contribution < 1.29 is 14.3 Å². The van der Waals surface area contributed by atoms with Crippen LogP contribution in [0.4, 0.5) is 6.01 Å². The molecule has 90 valence electrons. The van der Waals surface area contributed by atoms with E-state index in [-0.39, 0.29) is 11.7 Å². The zero-order chi connectivity index (χ0) is 12.4. The van der Waals surface area contributed by atoms with Crippen LogP contribution in [0.1, 0.15) is 21.7 Å². The van der Waals surface area contributed by atoms with Crippen molar-refractivity contribution in [1.29, 1.82) is 0 Å². The van der Waals surface area contributed by atoms with E-state index in [1.165, 1.54) is 0 Å². The maximum Gasteiger partial charge on any atom is 0.357 e. The van der Waals surface area contributed by atoms with Crippen molar-refractivity contribution in [1.82, 2.24) is 14.8 Å². The number of carboxylic acids is 1. The highest BCUT2D eigenvalue weighted by Gasteiger charge is 2.10. The molecule has 0 aliphatic carbocycles. The van der Waals surface area contributed by atoms with Crippen molar-refractivity contribution in [2.75, 3.05) is 5.32 Å². The van der Waals surface area contributed by atoms with E-state index in [0.717, 1.165) is 17.5 Å². The molecule has 0 radical (unpaired) electrons. The Kier molecular flexibility index (Phi) is 2.82. The van der Waals surface area contributed by atoms with Gasteiger partial charge in [0.05, 0.1) is 6.20 Å². The number of aromatic carboxylic acids is 1. The quantitative estimate of drug-likeness (QED) is 0.823. The van der Waals surface area contributed by atoms with Gasteiger partial charge in [-0.15, -0.1) is 0 Å². The molecule has 0 bridgehead atoms. The monoisotopic (exact) mass is 236 g/mol. The molecule has 2 N–H and O–H groups in total. The van der Waals surface area contributed by atoms with Gasteiger partial charge >= 0.3 is 5.97 Å². The summed E-state index contributed by atoms with van der Waals surface area (Å²) in [6, 6.07) is 0.186. The van der Waals surface area contributed by atoms with Crippen LogP contribution in [0, 0.1) is 6.92 Å². The number of nitrogens with zero attached hydrogens (tertiary/aromatic N) is 3. The first-order valence-electron chi connectivity index (χ1n) is 4.98. The second-order valence-electron chi connectivity index (χ2n) is 3.58. The Balaban J connectivity index is 2.02. The number of aryl methyl sites for hydroxylation is 1. The highest BCUT2D eigenvalue weighted by Crippen LogP contribution is 2.11. The van der Waals surface area contributed by atoms with Crippen molar-refractivity contribution in [2.45, 2.75) is 13.5 Å². The zero-order valence-corrected chi connectivity index (χ0v) is 9.47. The third kappa shape index (κ3) is 2.27. The molecule has 0 aliphatic heterocycles. The predicted octanol–water partition coefficient (Wildman–Crippen LogP) is 1.03. The number of oxazole rings is 1. The molecule has 0 amide bonds. The molecular weight excluding hydrogens is 224 g/mol. The van der Waals surface area contributed by atoms with E-state index in [4.69, 9.17) is 9.52 Å². The Morgan fingerprint density at radius 3 is 2.94 bits per heavy atom. The molecule has 0 unspecified atom stereocenters. The molecule has 17 heavy (non-hydrogen) atoms. The molecule has 0 spiro atoms. The Morgan fingerprint density at radius 2 is 2.41 bits per heavy atom. The van der Waals surface area contributed by atoms with Crippen LogP contribution < -0.4 is 5.32 Å². The number of nitrogens with one attached hydrogen (secondary N) is 1. The normalized spacial score (nSPS) is 10.5. The van der Waals surface area contributed by atoms with Crippen molar-refractivity contribution >= 4 is 12.0 Å². The SMILES string of the molecule is Cc1c(CNc2nc(C(=O)O)co2)cnn1C. The fourth-order valence-electron chi connectivity index (χ4n) is 1.34. The largest absolute Gasteiger partial charge is 0.476 e. The van der Waals surface area contributed by atoms with E-state index >= 15 is 0 Å². The first-order chi connectivity index (χ1) is 8.08. The van der Waals surface area contributed by atoms with Gasteiger partial charge in [0.25, 0.3) is 6.01 Å². The summed E-state index contributed by atoms with van der Waals surface area (Å²) >= 11 is 0. The lowest BCUT2D eigenvalue weighted by Gasteiger charge is -2.00. The summed E-state index contributed by atoms with van der Waals surface area (Å²) in [6.45, 7) is 2.43. The standard InChI is InChI=1S/C10H12N4O3/c1-6-7(4-12-14(6)2)3-11-10-13-8(5-17-10)9(15)16/h4-5H,3H2,1-2H3,(H,11,13)(H,15,16). The van der Waals surface area contributed by atoms with Crippen LogP contribution in [0.5, 0.6) is 0 Å². The number of carbonyl (C=O) groups is 1. The van der Waals surface area contributed by atoms with Gasteiger partial charge in [-0.3, -0.25) is 4.68 Å². The van der Waals surface area contributed by atoms with Crippen molar-refractivity contribution in [3.8, 4) is 0 Å². The molecule has 0 aliphatic rings. The molecule has 0 saturated heterocycles. The number of hydrogen-bond donors (Lipinski definition) is 2. The lowest BCUT2D eigenvalue weighted by atomic mass is 10.2. The molecular formula is C10H12N4O3. The van der Waals surface area contributed by atoms with Crippen LogP contribution >= 0.6 is 0 Å². The Morgan fingerprint density at radius 1 is 1.65 bits per heavy atom. The minimum atomic E-state index is -1.11. The van der Waals surface area contributed by atoms with Gasteiger partial charge in [-0.05, 0) is 6.92 Å². The van der Waals surface area contributed by atoms with Gasteiger partial charge in [-0.2, -0.15) is 10.1 Å². The van der Waals surface area contributed by atoms with Gasteiger partial charge in [0.2, 0.25) is 0 Å². The Bertz CT molecular complexity index is 543. The average Bonchev–Trinajstić information content (AvgIpc) is 2.86. The van der Waals surface area contributed by atoms with E-state index in [1.54, 1.807) is 10.9 Å². The third-order valence-corrected chi connectivity index (χ3v) is 2.49. The summed E-state index contributed by atoms with van der Waals surface area (Å²) in [7, 11) is 1.85. The second-order valence-corrected chi connectivity index (χ2v) is 3.58. The fourth-order valence-corrected chi connectivity index (χ4v) is 1.34. The molecule has 0 fully saturated rings. The summed E-state index contributed by atoms with van der Waals surface area (Å²) in [4.78, 5) is 14.3. The molecule has 2 aromatic heterocycles. The molecule has 7 heteroatoms. The van der Waals surface area contributed by atoms with E-state index < -0.39 is 5.97 Å². The van der Waals surface area contributed by atoms with E-state index in [1.807, 2.05) is 14.0 Å². The highest BCUT2D eigenvalue weighted by atomic mass is 16.4. The first-order valence-corrected chi connectivity index (χ1v) is 4.98. The van der Waals surface area contributed by atoms with Gasteiger partial charge in [0, 0.05) is 24.8 Å². The smallest absolute Gasteiger partial charge is 0.357 e. The minimum absolute atomic E-state index is 0.115. The number of hydrogen-bond acceptors (Lipinski definition) is 5. The van der Waals surface area contributed by atoms with Crippen LogP contribution in [0.25, 0.3) is 0 Å². The number of aromatic nitrogens is 3. The molecule has 7 nitrogen and oxygen atoms in total. The average molecular weight is 236 g/mol. The summed E-state index contributed by atoms with van der Waals surface area (Å²) in [5, 5.41) is 15.7. The zero-order valence-electron chi connectivity index (χ0n) is 9.47. The summed E-state index contributed by atoms with van der Waals surface area (Å²) in [5.74, 6) is -1.11. The molecule has 2 rings (SSSR count). The Labute approximate surface area is 97.1 Å². The Hall–Kier alpha value is -2.31. The van der Waals surface area contributed by atoms with Gasteiger partial charge in [-0.25, -0.2) is 4.79 Å². The molecule has 0 aromatic carbocycles. The maximum atomic E-state index is 10.6. The molecule has 2 aromatic rings. The predicted molar refractivity (Wildman–Crippen MR) is 58.7 cm³/mol. The summed E-state index contributed by atoms with van der Waals surface area (Å²) in [6.07, 6.45) is 2.84. The number of rotatable bonds is 4. The van der Waals surface area contributed by atoms with E-state index in [2.05, 4.69) is 15.4 Å². The van der Waals surface area contributed by atoms with Crippen LogP contribution in [0.3, 0.4) is 0 Å². The minimum Gasteiger partial charge on any atom is -0.476 e. The van der Waals surface area contributed by atoms with Crippen LogP contribution in [-0.4, -0.2) is 25.8 Å². The van der Waals surface area contributed by atoms with Gasteiger partial charge in [0.15, 0.2) is 5.69 Å². The van der Waals surface area contributed by atoms with E-state index in [9.17, 15) is 4.79 Å². The van der Waals surface area contributed by atoms with Crippen molar-refractivity contribution in [3.05, 3.63) is 29.4 Å². The topological polar surface area (TPSA) is 93.2 Å². The summed E-state index contributed by atoms with van der Waals surface area (Å²) < 4.78 is 6.72.